The Morgan fingerprint density at radius 1 is 1.33 bits per heavy atom. The van der Waals surface area contributed by atoms with Crippen molar-refractivity contribution < 1.29 is 4.42 Å². The first-order valence-corrected chi connectivity index (χ1v) is 5.73. The lowest BCUT2D eigenvalue weighted by Crippen LogP contribution is -2.43. The lowest BCUT2D eigenvalue weighted by Gasteiger charge is -2.27. The highest BCUT2D eigenvalue weighted by Crippen LogP contribution is 2.26. The largest absolute Gasteiger partial charge is 0.449 e. The number of nitrogens with one attached hydrogen (secondary N) is 1. The number of hydrogen-bond donors (Lipinski definition) is 1. The van der Waals surface area contributed by atoms with Crippen LogP contribution in [0.1, 0.15) is 16.9 Å². The number of piperazine rings is 1. The topological polar surface area (TPSA) is 28.4 Å². The van der Waals surface area contributed by atoms with E-state index in [4.69, 9.17) is 16.0 Å². The predicted molar refractivity (Wildman–Crippen MR) is 61.3 cm³/mol. The molecule has 1 aromatic rings. The average Bonchev–Trinajstić information content (AvgIpc) is 2.47. The molecule has 0 saturated carbocycles. The van der Waals surface area contributed by atoms with Gasteiger partial charge in [0.25, 0.3) is 0 Å². The third-order valence-electron chi connectivity index (χ3n) is 3.01. The van der Waals surface area contributed by atoms with Crippen molar-refractivity contribution in [3.05, 3.63) is 22.1 Å². The smallest absolute Gasteiger partial charge is 0.196 e. The molecular weight excluding hydrogens is 212 g/mol. The molecule has 0 unspecified atom stereocenters. The molecule has 3 nitrogen and oxygen atoms in total. The summed E-state index contributed by atoms with van der Waals surface area (Å²) in [4.78, 5) is 2.43. The van der Waals surface area contributed by atoms with Crippen molar-refractivity contribution in [2.75, 3.05) is 26.2 Å². The first kappa shape index (κ1) is 11.0. The van der Waals surface area contributed by atoms with Gasteiger partial charge >= 0.3 is 0 Å². The number of nitrogens with zero attached hydrogens (tertiary/aromatic N) is 1. The van der Waals surface area contributed by atoms with E-state index in [0.717, 1.165) is 44.0 Å². The third-order valence-corrected chi connectivity index (χ3v) is 3.37. The zero-order valence-electron chi connectivity index (χ0n) is 9.27. The Hall–Kier alpha value is -0.510. The van der Waals surface area contributed by atoms with Crippen LogP contribution in [0, 0.1) is 13.8 Å². The Balaban J connectivity index is 2.09. The number of halogens is 1. The summed E-state index contributed by atoms with van der Waals surface area (Å²) in [6, 6.07) is 0. The molecule has 1 aromatic heterocycles. The Bertz CT molecular complexity index is 343. The van der Waals surface area contributed by atoms with Gasteiger partial charge in [0.15, 0.2) is 5.22 Å². The zero-order valence-corrected chi connectivity index (χ0v) is 10.0. The fourth-order valence-electron chi connectivity index (χ4n) is 1.98. The molecule has 0 spiro atoms. The van der Waals surface area contributed by atoms with E-state index in [9.17, 15) is 0 Å². The Morgan fingerprint density at radius 2 is 2.00 bits per heavy atom. The Morgan fingerprint density at radius 3 is 2.53 bits per heavy atom. The minimum atomic E-state index is 0.539. The summed E-state index contributed by atoms with van der Waals surface area (Å²) in [6.07, 6.45) is 0. The summed E-state index contributed by atoms with van der Waals surface area (Å²) in [6.45, 7) is 9.30. The van der Waals surface area contributed by atoms with Gasteiger partial charge in [0.1, 0.15) is 5.76 Å². The molecule has 1 N–H and O–H groups in total. The van der Waals surface area contributed by atoms with Crippen molar-refractivity contribution >= 4 is 11.6 Å². The van der Waals surface area contributed by atoms with E-state index in [0.29, 0.717) is 5.22 Å². The minimum Gasteiger partial charge on any atom is -0.449 e. The van der Waals surface area contributed by atoms with E-state index in [1.54, 1.807) is 0 Å². The lowest BCUT2D eigenvalue weighted by atomic mass is 10.1. The maximum absolute atomic E-state index is 5.95. The summed E-state index contributed by atoms with van der Waals surface area (Å²) in [5, 5.41) is 3.88. The van der Waals surface area contributed by atoms with Gasteiger partial charge in [-0.05, 0) is 25.4 Å². The molecular formula is C11H17ClN2O. The third kappa shape index (κ3) is 2.36. The quantitative estimate of drug-likeness (QED) is 0.839. The average molecular weight is 229 g/mol. The molecule has 1 saturated heterocycles. The Kier molecular flexibility index (Phi) is 3.34. The van der Waals surface area contributed by atoms with Crippen molar-refractivity contribution in [2.24, 2.45) is 0 Å². The second-order valence-electron chi connectivity index (χ2n) is 4.06. The van der Waals surface area contributed by atoms with Crippen molar-refractivity contribution in [2.45, 2.75) is 20.4 Å². The molecule has 15 heavy (non-hydrogen) atoms. The molecule has 0 aliphatic carbocycles. The molecule has 1 aliphatic heterocycles. The molecule has 0 bridgehead atoms. The summed E-state index contributed by atoms with van der Waals surface area (Å²) in [7, 11) is 0. The highest BCUT2D eigenvalue weighted by atomic mass is 35.5. The number of furan rings is 1. The van der Waals surface area contributed by atoms with Crippen molar-refractivity contribution in [1.82, 2.24) is 10.2 Å². The molecule has 2 rings (SSSR count). The molecule has 2 heterocycles. The monoisotopic (exact) mass is 228 g/mol. The van der Waals surface area contributed by atoms with E-state index < -0.39 is 0 Å². The van der Waals surface area contributed by atoms with Crippen LogP contribution in [-0.2, 0) is 6.54 Å². The van der Waals surface area contributed by atoms with Gasteiger partial charge in [-0.1, -0.05) is 0 Å². The number of hydrogen-bond acceptors (Lipinski definition) is 3. The summed E-state index contributed by atoms with van der Waals surface area (Å²) in [5.74, 6) is 0.955. The predicted octanol–water partition coefficient (Wildman–Crippen LogP) is 1.96. The number of aryl methyl sites for hydroxylation is 1. The van der Waals surface area contributed by atoms with Gasteiger partial charge < -0.3 is 9.73 Å². The van der Waals surface area contributed by atoms with Crippen LogP contribution in [-0.4, -0.2) is 31.1 Å². The van der Waals surface area contributed by atoms with Gasteiger partial charge in [0, 0.05) is 43.9 Å². The summed E-state index contributed by atoms with van der Waals surface area (Å²) >= 11 is 5.95. The molecule has 1 aliphatic rings. The van der Waals surface area contributed by atoms with E-state index in [1.165, 1.54) is 5.56 Å². The maximum atomic E-state index is 5.95. The minimum absolute atomic E-state index is 0.539. The maximum Gasteiger partial charge on any atom is 0.196 e. The van der Waals surface area contributed by atoms with Gasteiger partial charge in [-0.2, -0.15) is 0 Å². The van der Waals surface area contributed by atoms with Gasteiger partial charge in [0.2, 0.25) is 0 Å². The fraction of sp³-hybridized carbons (Fsp3) is 0.636. The van der Waals surface area contributed by atoms with E-state index in [1.807, 2.05) is 13.8 Å². The van der Waals surface area contributed by atoms with Crippen LogP contribution in [0.5, 0.6) is 0 Å². The van der Waals surface area contributed by atoms with Gasteiger partial charge in [-0.15, -0.1) is 0 Å². The molecule has 0 amide bonds. The van der Waals surface area contributed by atoms with Crippen LogP contribution < -0.4 is 5.32 Å². The van der Waals surface area contributed by atoms with Gasteiger partial charge in [0.05, 0.1) is 0 Å². The first-order chi connectivity index (χ1) is 7.18. The van der Waals surface area contributed by atoms with Crippen LogP contribution in [0.2, 0.25) is 5.22 Å². The molecule has 1 fully saturated rings. The van der Waals surface area contributed by atoms with E-state index >= 15 is 0 Å². The molecule has 0 atom stereocenters. The fourth-order valence-corrected chi connectivity index (χ4v) is 2.21. The highest BCUT2D eigenvalue weighted by molar-refractivity contribution is 6.29. The van der Waals surface area contributed by atoms with Crippen LogP contribution in [0.15, 0.2) is 4.42 Å². The molecule has 84 valence electrons. The number of rotatable bonds is 2. The van der Waals surface area contributed by atoms with E-state index in [2.05, 4.69) is 10.2 Å². The molecule has 0 aromatic carbocycles. The molecule has 0 radical (unpaired) electrons. The summed E-state index contributed by atoms with van der Waals surface area (Å²) < 4.78 is 5.41. The van der Waals surface area contributed by atoms with Crippen molar-refractivity contribution in [3.63, 3.8) is 0 Å². The van der Waals surface area contributed by atoms with Crippen LogP contribution in [0.4, 0.5) is 0 Å². The second-order valence-corrected chi connectivity index (χ2v) is 4.40. The lowest BCUT2D eigenvalue weighted by molar-refractivity contribution is 0.231. The van der Waals surface area contributed by atoms with Gasteiger partial charge in [-0.3, -0.25) is 4.90 Å². The van der Waals surface area contributed by atoms with Crippen LogP contribution >= 0.6 is 11.6 Å². The molecule has 4 heteroatoms. The standard InChI is InChI=1S/C11H17ClN2O/c1-8-10(9(2)15-11(8)12)7-14-5-3-13-4-6-14/h13H,3-7H2,1-2H3. The van der Waals surface area contributed by atoms with Crippen molar-refractivity contribution in [3.8, 4) is 0 Å². The first-order valence-electron chi connectivity index (χ1n) is 5.36. The van der Waals surface area contributed by atoms with Crippen molar-refractivity contribution in [1.29, 1.82) is 0 Å². The summed E-state index contributed by atoms with van der Waals surface area (Å²) in [5.41, 5.74) is 2.34. The Labute approximate surface area is 95.4 Å². The van der Waals surface area contributed by atoms with Gasteiger partial charge in [-0.25, -0.2) is 0 Å². The van der Waals surface area contributed by atoms with Crippen LogP contribution in [0.3, 0.4) is 0 Å². The zero-order chi connectivity index (χ0) is 10.8. The SMILES string of the molecule is Cc1oc(Cl)c(C)c1CN1CCNCC1. The van der Waals surface area contributed by atoms with Crippen LogP contribution in [0.25, 0.3) is 0 Å². The highest BCUT2D eigenvalue weighted by Gasteiger charge is 2.17. The van der Waals surface area contributed by atoms with E-state index in [-0.39, 0.29) is 0 Å². The second kappa shape index (κ2) is 4.56. The normalized spacial score (nSPS) is 18.3.